The van der Waals surface area contributed by atoms with E-state index in [4.69, 9.17) is 4.42 Å². The number of amides is 1. The van der Waals surface area contributed by atoms with E-state index in [1.54, 1.807) is 6.20 Å². The molecule has 1 aromatic carbocycles. The molecule has 0 radical (unpaired) electrons. The van der Waals surface area contributed by atoms with Crippen molar-refractivity contribution >= 4 is 5.91 Å². The first-order valence-electron chi connectivity index (χ1n) is 9.73. The molecule has 0 unspecified atom stereocenters. The normalized spacial score (nSPS) is 16.5. The second-order valence-electron chi connectivity index (χ2n) is 7.40. The summed E-state index contributed by atoms with van der Waals surface area (Å²) in [6.07, 6.45) is 5.21. The molecule has 4 rings (SSSR count). The molecule has 1 N–H and O–H groups in total. The van der Waals surface area contributed by atoms with Crippen LogP contribution < -0.4 is 5.32 Å². The van der Waals surface area contributed by atoms with Gasteiger partial charge in [0.1, 0.15) is 11.5 Å². The van der Waals surface area contributed by atoms with Gasteiger partial charge in [0.2, 0.25) is 5.91 Å². The lowest BCUT2D eigenvalue weighted by Gasteiger charge is -2.26. The van der Waals surface area contributed by atoms with E-state index >= 15 is 0 Å². The molecular formula is C23H25N3O2. The van der Waals surface area contributed by atoms with Crippen LogP contribution in [0.3, 0.4) is 0 Å². The Labute approximate surface area is 165 Å². The van der Waals surface area contributed by atoms with Crippen molar-refractivity contribution in [3.8, 4) is 11.3 Å². The summed E-state index contributed by atoms with van der Waals surface area (Å²) in [7, 11) is 0. The smallest absolute Gasteiger partial charge is 0.220 e. The van der Waals surface area contributed by atoms with E-state index < -0.39 is 0 Å². The predicted molar refractivity (Wildman–Crippen MR) is 108 cm³/mol. The highest BCUT2D eigenvalue weighted by Gasteiger charge is 2.24. The zero-order valence-electron chi connectivity index (χ0n) is 16.1. The first-order valence-corrected chi connectivity index (χ1v) is 9.73. The topological polar surface area (TPSA) is 58.4 Å². The second kappa shape index (κ2) is 8.40. The van der Waals surface area contributed by atoms with Crippen molar-refractivity contribution in [1.29, 1.82) is 0 Å². The van der Waals surface area contributed by atoms with Gasteiger partial charge >= 0.3 is 0 Å². The minimum absolute atomic E-state index is 0.151. The molecule has 1 amide bonds. The maximum atomic E-state index is 11.6. The molecular weight excluding hydrogens is 350 g/mol. The fraction of sp³-hybridized carbons (Fsp3) is 0.304. The average Bonchev–Trinajstić information content (AvgIpc) is 3.31. The maximum Gasteiger partial charge on any atom is 0.220 e. The average molecular weight is 375 g/mol. The Morgan fingerprint density at radius 3 is 2.75 bits per heavy atom. The number of hydrogen-bond acceptors (Lipinski definition) is 4. The van der Waals surface area contributed by atoms with Crippen molar-refractivity contribution in [2.45, 2.75) is 38.9 Å². The summed E-state index contributed by atoms with van der Waals surface area (Å²) >= 11 is 0. The standard InChI is InChI=1S/C23H25N3O2/c1-17-8-10-22(28-17)21-7-3-2-6-19(21)15-26(14-18-5-4-12-24-13-18)16-20-9-11-23(27)25-20/h2-8,10,12-13,20H,9,11,14-16H2,1H3,(H,25,27)/t20-/m0/s1. The number of furan rings is 1. The third kappa shape index (κ3) is 4.49. The highest BCUT2D eigenvalue weighted by molar-refractivity contribution is 5.78. The van der Waals surface area contributed by atoms with Crippen LogP contribution in [0.4, 0.5) is 0 Å². The van der Waals surface area contributed by atoms with Gasteiger partial charge in [-0.15, -0.1) is 0 Å². The van der Waals surface area contributed by atoms with Crippen LogP contribution in [0.1, 0.15) is 29.7 Å². The largest absolute Gasteiger partial charge is 0.461 e. The van der Waals surface area contributed by atoms with Crippen LogP contribution in [-0.2, 0) is 17.9 Å². The Balaban J connectivity index is 1.57. The van der Waals surface area contributed by atoms with Crippen LogP contribution in [0.15, 0.2) is 65.3 Å². The number of nitrogens with one attached hydrogen (secondary N) is 1. The van der Waals surface area contributed by atoms with E-state index in [-0.39, 0.29) is 11.9 Å². The lowest BCUT2D eigenvalue weighted by atomic mass is 10.0. The Morgan fingerprint density at radius 2 is 2.04 bits per heavy atom. The lowest BCUT2D eigenvalue weighted by molar-refractivity contribution is -0.119. The summed E-state index contributed by atoms with van der Waals surface area (Å²) in [5, 5.41) is 3.09. The van der Waals surface area contributed by atoms with Gasteiger partial charge in [-0.3, -0.25) is 14.7 Å². The molecule has 2 aromatic heterocycles. The number of carbonyl (C=O) groups is 1. The van der Waals surface area contributed by atoms with Gasteiger partial charge < -0.3 is 9.73 Å². The van der Waals surface area contributed by atoms with Crippen molar-refractivity contribution in [2.75, 3.05) is 6.54 Å². The van der Waals surface area contributed by atoms with Crippen LogP contribution in [0.2, 0.25) is 0 Å². The number of benzene rings is 1. The van der Waals surface area contributed by atoms with Gasteiger partial charge in [0.05, 0.1) is 0 Å². The summed E-state index contributed by atoms with van der Waals surface area (Å²) in [5.74, 6) is 1.95. The fourth-order valence-corrected chi connectivity index (χ4v) is 3.78. The van der Waals surface area contributed by atoms with E-state index in [0.717, 1.165) is 48.7 Å². The van der Waals surface area contributed by atoms with Gasteiger partial charge in [-0.05, 0) is 42.7 Å². The molecule has 5 heteroatoms. The third-order valence-electron chi connectivity index (χ3n) is 5.11. The summed E-state index contributed by atoms with van der Waals surface area (Å²) in [6, 6.07) is 16.6. The Bertz CT molecular complexity index is 936. The fourth-order valence-electron chi connectivity index (χ4n) is 3.78. The minimum atomic E-state index is 0.151. The predicted octanol–water partition coefficient (Wildman–Crippen LogP) is 3.93. The molecule has 5 nitrogen and oxygen atoms in total. The minimum Gasteiger partial charge on any atom is -0.461 e. The lowest BCUT2D eigenvalue weighted by Crippen LogP contribution is -2.38. The molecule has 3 heterocycles. The number of aromatic nitrogens is 1. The summed E-state index contributed by atoms with van der Waals surface area (Å²) in [6.45, 7) is 4.33. The zero-order valence-corrected chi connectivity index (χ0v) is 16.1. The second-order valence-corrected chi connectivity index (χ2v) is 7.40. The van der Waals surface area contributed by atoms with Gasteiger partial charge in [0.15, 0.2) is 0 Å². The molecule has 1 atom stereocenters. The number of nitrogens with zero attached hydrogens (tertiary/aromatic N) is 2. The molecule has 0 saturated carbocycles. The number of carbonyl (C=O) groups excluding carboxylic acids is 1. The van der Waals surface area contributed by atoms with Crippen molar-refractivity contribution in [2.24, 2.45) is 0 Å². The van der Waals surface area contributed by atoms with Gasteiger partial charge in [-0.1, -0.05) is 30.3 Å². The van der Waals surface area contributed by atoms with Crippen molar-refractivity contribution in [3.05, 3.63) is 77.8 Å². The van der Waals surface area contributed by atoms with E-state index in [0.29, 0.717) is 6.42 Å². The summed E-state index contributed by atoms with van der Waals surface area (Å²) < 4.78 is 5.87. The number of hydrogen-bond donors (Lipinski definition) is 1. The zero-order chi connectivity index (χ0) is 19.3. The Morgan fingerprint density at radius 1 is 1.14 bits per heavy atom. The Kier molecular flexibility index (Phi) is 5.53. The van der Waals surface area contributed by atoms with Crippen LogP contribution in [-0.4, -0.2) is 28.4 Å². The van der Waals surface area contributed by atoms with Crippen LogP contribution >= 0.6 is 0 Å². The molecule has 28 heavy (non-hydrogen) atoms. The molecule has 1 saturated heterocycles. The highest BCUT2D eigenvalue weighted by atomic mass is 16.3. The first kappa shape index (κ1) is 18.4. The van der Waals surface area contributed by atoms with E-state index in [1.165, 1.54) is 5.56 Å². The quantitative estimate of drug-likeness (QED) is 0.680. The summed E-state index contributed by atoms with van der Waals surface area (Å²) in [4.78, 5) is 18.3. The van der Waals surface area contributed by atoms with E-state index in [2.05, 4.69) is 39.5 Å². The van der Waals surface area contributed by atoms with Crippen LogP contribution in [0.25, 0.3) is 11.3 Å². The summed E-state index contributed by atoms with van der Waals surface area (Å²) in [5.41, 5.74) is 3.49. The van der Waals surface area contributed by atoms with Gasteiger partial charge in [-0.25, -0.2) is 0 Å². The van der Waals surface area contributed by atoms with E-state index in [9.17, 15) is 4.79 Å². The number of pyridine rings is 1. The molecule has 1 fully saturated rings. The number of aryl methyl sites for hydroxylation is 1. The molecule has 144 valence electrons. The monoisotopic (exact) mass is 375 g/mol. The Hall–Kier alpha value is -2.92. The van der Waals surface area contributed by atoms with Crippen molar-refractivity contribution in [3.63, 3.8) is 0 Å². The van der Waals surface area contributed by atoms with Crippen LogP contribution in [0, 0.1) is 6.92 Å². The molecule has 3 aromatic rings. The molecule has 0 spiro atoms. The van der Waals surface area contributed by atoms with Gasteiger partial charge in [-0.2, -0.15) is 0 Å². The van der Waals surface area contributed by atoms with Crippen molar-refractivity contribution < 1.29 is 9.21 Å². The maximum absolute atomic E-state index is 11.6. The van der Waals surface area contributed by atoms with Gasteiger partial charge in [0.25, 0.3) is 0 Å². The molecule has 0 aliphatic carbocycles. The first-order chi connectivity index (χ1) is 13.7. The number of rotatable bonds is 7. The molecule has 1 aliphatic rings. The molecule has 1 aliphatic heterocycles. The molecule has 0 bridgehead atoms. The van der Waals surface area contributed by atoms with E-state index in [1.807, 2.05) is 37.4 Å². The van der Waals surface area contributed by atoms with Crippen molar-refractivity contribution in [1.82, 2.24) is 15.2 Å². The van der Waals surface area contributed by atoms with Crippen LogP contribution in [0.5, 0.6) is 0 Å². The SMILES string of the molecule is Cc1ccc(-c2ccccc2CN(Cc2cccnc2)C[C@@H]2CCC(=O)N2)o1. The highest BCUT2D eigenvalue weighted by Crippen LogP contribution is 2.27. The van der Waals surface area contributed by atoms with Gasteiger partial charge in [0, 0.05) is 50.1 Å². The third-order valence-corrected chi connectivity index (χ3v) is 5.11.